The largest absolute Gasteiger partial charge is 0.454 e. The van der Waals surface area contributed by atoms with Crippen LogP contribution in [0.25, 0.3) is 0 Å². The monoisotopic (exact) mass is 275 g/mol. The van der Waals surface area contributed by atoms with Crippen molar-refractivity contribution < 1.29 is 9.47 Å². The van der Waals surface area contributed by atoms with Crippen LogP contribution in [0.1, 0.15) is 17.2 Å². The minimum absolute atomic E-state index is 0.352. The van der Waals surface area contributed by atoms with Crippen molar-refractivity contribution in [1.82, 2.24) is 15.1 Å². The van der Waals surface area contributed by atoms with Gasteiger partial charge in [0.25, 0.3) is 0 Å². The molecule has 1 saturated heterocycles. The molecule has 108 valence electrons. The minimum Gasteiger partial charge on any atom is -0.454 e. The van der Waals surface area contributed by atoms with Crippen molar-refractivity contribution in [3.05, 3.63) is 23.3 Å². The van der Waals surface area contributed by atoms with Gasteiger partial charge in [-0.15, -0.1) is 0 Å². The van der Waals surface area contributed by atoms with Crippen LogP contribution >= 0.6 is 0 Å². The van der Waals surface area contributed by atoms with E-state index in [4.69, 9.17) is 9.47 Å². The topological polar surface area (TPSA) is 37.0 Å². The summed E-state index contributed by atoms with van der Waals surface area (Å²) in [5, 5.41) is 3.54. The van der Waals surface area contributed by atoms with Gasteiger partial charge < -0.3 is 19.7 Å². The van der Waals surface area contributed by atoms with Gasteiger partial charge in [-0.2, -0.15) is 0 Å². The van der Waals surface area contributed by atoms with Crippen molar-refractivity contribution >= 4 is 0 Å². The number of fused-ring (bicyclic) bond motifs is 2. The molecule has 0 amide bonds. The van der Waals surface area contributed by atoms with E-state index in [0.717, 1.165) is 50.8 Å². The molecule has 1 N–H and O–H groups in total. The summed E-state index contributed by atoms with van der Waals surface area (Å²) in [6.45, 7) is 6.87. The van der Waals surface area contributed by atoms with Crippen LogP contribution in [-0.4, -0.2) is 56.4 Å². The van der Waals surface area contributed by atoms with E-state index < -0.39 is 0 Å². The van der Waals surface area contributed by atoms with E-state index >= 15 is 0 Å². The van der Waals surface area contributed by atoms with Crippen LogP contribution in [0.4, 0.5) is 0 Å². The molecule has 1 aromatic rings. The summed E-state index contributed by atoms with van der Waals surface area (Å²) in [5.41, 5.74) is 2.77. The second kappa shape index (κ2) is 4.91. The molecule has 0 unspecified atom stereocenters. The summed E-state index contributed by atoms with van der Waals surface area (Å²) in [4.78, 5) is 4.99. The molecule has 4 rings (SSSR count). The number of nitrogens with zero attached hydrogens (tertiary/aromatic N) is 2. The molecule has 1 atom stereocenters. The first-order chi connectivity index (χ1) is 9.81. The normalized spacial score (nSPS) is 26.6. The number of ether oxygens (including phenoxy) is 2. The number of nitrogens with one attached hydrogen (secondary N) is 1. The lowest BCUT2D eigenvalue weighted by molar-refractivity contribution is 0.106. The van der Waals surface area contributed by atoms with E-state index in [0.29, 0.717) is 12.8 Å². The molecular weight excluding hydrogens is 254 g/mol. The van der Waals surface area contributed by atoms with E-state index in [9.17, 15) is 0 Å². The van der Waals surface area contributed by atoms with Gasteiger partial charge in [-0.25, -0.2) is 0 Å². The van der Waals surface area contributed by atoms with Crippen LogP contribution in [0.5, 0.6) is 11.5 Å². The molecule has 0 spiro atoms. The van der Waals surface area contributed by atoms with Gasteiger partial charge >= 0.3 is 0 Å². The predicted molar refractivity (Wildman–Crippen MR) is 76.1 cm³/mol. The van der Waals surface area contributed by atoms with Gasteiger partial charge in [0.1, 0.15) is 0 Å². The second-order valence-corrected chi connectivity index (χ2v) is 5.89. The highest BCUT2D eigenvalue weighted by atomic mass is 16.7. The van der Waals surface area contributed by atoms with E-state index in [2.05, 4.69) is 34.3 Å². The lowest BCUT2D eigenvalue weighted by atomic mass is 9.94. The summed E-state index contributed by atoms with van der Waals surface area (Å²) in [6, 6.07) is 4.80. The number of benzene rings is 1. The highest BCUT2D eigenvalue weighted by Crippen LogP contribution is 2.39. The third kappa shape index (κ3) is 2.06. The molecular formula is C15H21N3O2. The molecule has 3 aliphatic heterocycles. The van der Waals surface area contributed by atoms with Gasteiger partial charge in [-0.3, -0.25) is 4.90 Å². The van der Waals surface area contributed by atoms with Gasteiger partial charge in [-0.1, -0.05) is 0 Å². The van der Waals surface area contributed by atoms with Crippen LogP contribution in [0.3, 0.4) is 0 Å². The lowest BCUT2D eigenvalue weighted by Gasteiger charge is -2.40. The van der Waals surface area contributed by atoms with Crippen molar-refractivity contribution in [1.29, 1.82) is 0 Å². The molecule has 3 heterocycles. The summed E-state index contributed by atoms with van der Waals surface area (Å²) in [6.07, 6.45) is 0. The average Bonchev–Trinajstić information content (AvgIpc) is 2.92. The Morgan fingerprint density at radius 2 is 1.85 bits per heavy atom. The molecule has 1 fully saturated rings. The van der Waals surface area contributed by atoms with E-state index in [1.54, 1.807) is 0 Å². The Bertz CT molecular complexity index is 512. The molecule has 0 aromatic heterocycles. The zero-order valence-corrected chi connectivity index (χ0v) is 11.9. The van der Waals surface area contributed by atoms with Crippen LogP contribution in [0, 0.1) is 0 Å². The van der Waals surface area contributed by atoms with Gasteiger partial charge in [0, 0.05) is 45.3 Å². The number of hydrogen-bond donors (Lipinski definition) is 1. The van der Waals surface area contributed by atoms with Crippen molar-refractivity contribution in [3.63, 3.8) is 0 Å². The number of likely N-dealkylation sites (N-methyl/N-ethyl adjacent to an activating group) is 1. The minimum atomic E-state index is 0.352. The molecule has 1 aromatic carbocycles. The first-order valence-electron chi connectivity index (χ1n) is 7.37. The summed E-state index contributed by atoms with van der Waals surface area (Å²) in [5.74, 6) is 1.80. The Hall–Kier alpha value is -1.30. The Morgan fingerprint density at radius 1 is 1.10 bits per heavy atom. The number of hydrogen-bond acceptors (Lipinski definition) is 5. The third-order valence-electron chi connectivity index (χ3n) is 4.63. The fraction of sp³-hybridized carbons (Fsp3) is 0.600. The fourth-order valence-corrected chi connectivity index (χ4v) is 3.38. The zero-order valence-electron chi connectivity index (χ0n) is 11.9. The van der Waals surface area contributed by atoms with Crippen LogP contribution in [-0.2, 0) is 6.54 Å². The zero-order chi connectivity index (χ0) is 13.5. The van der Waals surface area contributed by atoms with Crippen LogP contribution in [0.15, 0.2) is 12.1 Å². The maximum Gasteiger partial charge on any atom is 0.231 e. The van der Waals surface area contributed by atoms with E-state index in [-0.39, 0.29) is 0 Å². The maximum absolute atomic E-state index is 5.55. The predicted octanol–water partition coefficient (Wildman–Crippen LogP) is 0.807. The molecule has 0 saturated carbocycles. The third-order valence-corrected chi connectivity index (χ3v) is 4.63. The smallest absolute Gasteiger partial charge is 0.231 e. The lowest BCUT2D eigenvalue weighted by Crippen LogP contribution is -2.49. The van der Waals surface area contributed by atoms with E-state index in [1.807, 2.05) is 0 Å². The van der Waals surface area contributed by atoms with Gasteiger partial charge in [0.05, 0.1) is 0 Å². The Kier molecular flexibility index (Phi) is 3.06. The average molecular weight is 275 g/mol. The maximum atomic E-state index is 5.55. The summed E-state index contributed by atoms with van der Waals surface area (Å²) < 4.78 is 11.0. The fourth-order valence-electron chi connectivity index (χ4n) is 3.38. The molecule has 0 radical (unpaired) electrons. The molecule has 0 aliphatic carbocycles. The SMILES string of the molecule is CN1CCN([C@H]2CNCc3cc4c(cc32)OCO4)CC1. The number of rotatable bonds is 1. The first kappa shape index (κ1) is 12.4. The Morgan fingerprint density at radius 3 is 2.65 bits per heavy atom. The van der Waals surface area contributed by atoms with Gasteiger partial charge in [-0.05, 0) is 30.3 Å². The number of piperazine rings is 1. The Balaban J connectivity index is 1.64. The first-order valence-corrected chi connectivity index (χ1v) is 7.37. The van der Waals surface area contributed by atoms with E-state index in [1.165, 1.54) is 11.1 Å². The molecule has 20 heavy (non-hydrogen) atoms. The van der Waals surface area contributed by atoms with Crippen molar-refractivity contribution in [2.75, 3.05) is 46.6 Å². The van der Waals surface area contributed by atoms with Crippen molar-refractivity contribution in [2.24, 2.45) is 0 Å². The Labute approximate surface area is 119 Å². The second-order valence-electron chi connectivity index (χ2n) is 5.89. The summed E-state index contributed by atoms with van der Waals surface area (Å²) in [7, 11) is 2.20. The van der Waals surface area contributed by atoms with Gasteiger partial charge in [0.2, 0.25) is 6.79 Å². The van der Waals surface area contributed by atoms with Crippen LogP contribution < -0.4 is 14.8 Å². The standard InChI is InChI=1S/C15H21N3O2/c1-17-2-4-18(5-3-17)13-9-16-8-11-6-14-15(7-12(11)13)20-10-19-14/h6-7,13,16H,2-5,8-10H2,1H3/t13-/m0/s1. The van der Waals surface area contributed by atoms with Gasteiger partial charge in [0.15, 0.2) is 11.5 Å². The molecule has 3 aliphatic rings. The van der Waals surface area contributed by atoms with Crippen molar-refractivity contribution in [3.8, 4) is 11.5 Å². The molecule has 0 bridgehead atoms. The molecule has 5 heteroatoms. The summed E-state index contributed by atoms with van der Waals surface area (Å²) >= 11 is 0. The quantitative estimate of drug-likeness (QED) is 0.821. The molecule has 5 nitrogen and oxygen atoms in total. The van der Waals surface area contributed by atoms with Crippen LogP contribution in [0.2, 0.25) is 0 Å². The highest BCUT2D eigenvalue weighted by molar-refractivity contribution is 5.50. The highest BCUT2D eigenvalue weighted by Gasteiger charge is 2.30. The van der Waals surface area contributed by atoms with Crippen molar-refractivity contribution in [2.45, 2.75) is 12.6 Å².